The fourth-order valence-corrected chi connectivity index (χ4v) is 3.97. The number of carbonyl (C=O) groups excluding carboxylic acids is 1. The highest BCUT2D eigenvalue weighted by atomic mass is 35.5. The molecule has 0 fully saturated rings. The molecule has 1 aliphatic heterocycles. The zero-order chi connectivity index (χ0) is 25.6. The molecule has 8 nitrogen and oxygen atoms in total. The zero-order valence-corrected chi connectivity index (χ0v) is 21.4. The van der Waals surface area contributed by atoms with E-state index in [0.717, 1.165) is 22.7 Å². The Morgan fingerprint density at radius 1 is 1.34 bits per heavy atom. The highest BCUT2D eigenvalue weighted by molar-refractivity contribution is 6.31. The lowest BCUT2D eigenvalue weighted by molar-refractivity contribution is -0.122. The molecule has 35 heavy (non-hydrogen) atoms. The van der Waals surface area contributed by atoms with Gasteiger partial charge < -0.3 is 26.9 Å². The smallest absolute Gasteiger partial charge is 0.220 e. The third kappa shape index (κ3) is 7.63. The number of aliphatic hydroxyl groups is 1. The second kappa shape index (κ2) is 11.5. The number of allylic oxidation sites excluding steroid dienone is 4. The summed E-state index contributed by atoms with van der Waals surface area (Å²) in [7, 11) is 0. The van der Waals surface area contributed by atoms with Gasteiger partial charge in [0.05, 0.1) is 11.8 Å². The van der Waals surface area contributed by atoms with Crippen LogP contribution in [-0.4, -0.2) is 22.8 Å². The van der Waals surface area contributed by atoms with Crippen LogP contribution in [0.25, 0.3) is 0 Å². The van der Waals surface area contributed by atoms with Gasteiger partial charge in [-0.2, -0.15) is 0 Å². The van der Waals surface area contributed by atoms with Gasteiger partial charge in [0.2, 0.25) is 5.91 Å². The maximum atomic E-state index is 12.2. The highest BCUT2D eigenvalue weighted by Crippen LogP contribution is 2.27. The van der Waals surface area contributed by atoms with E-state index in [1.54, 1.807) is 12.1 Å². The summed E-state index contributed by atoms with van der Waals surface area (Å²) in [5.74, 6) is 0.779. The van der Waals surface area contributed by atoms with Gasteiger partial charge in [-0.25, -0.2) is 4.99 Å². The average Bonchev–Trinajstić information content (AvgIpc) is 2.79. The Morgan fingerprint density at radius 2 is 2.11 bits per heavy atom. The first-order valence-corrected chi connectivity index (χ1v) is 12.0. The number of aliphatic imine (C=N–C) groups is 1. The molecule has 0 radical (unpaired) electrons. The van der Waals surface area contributed by atoms with Crippen LogP contribution < -0.4 is 27.2 Å². The third-order valence-electron chi connectivity index (χ3n) is 5.50. The highest BCUT2D eigenvalue weighted by Gasteiger charge is 2.23. The quantitative estimate of drug-likeness (QED) is 0.342. The van der Waals surface area contributed by atoms with Crippen LogP contribution in [0.15, 0.2) is 70.8 Å². The number of hydrogen-bond donors (Lipinski definition) is 6. The molecule has 2 aliphatic rings. The van der Waals surface area contributed by atoms with Gasteiger partial charge in [0.1, 0.15) is 5.82 Å². The van der Waals surface area contributed by atoms with E-state index in [9.17, 15) is 9.90 Å². The number of benzene rings is 1. The van der Waals surface area contributed by atoms with Gasteiger partial charge in [0, 0.05) is 41.0 Å². The van der Waals surface area contributed by atoms with Crippen molar-refractivity contribution in [2.24, 2.45) is 16.1 Å². The van der Waals surface area contributed by atoms with Crippen molar-refractivity contribution < 1.29 is 9.90 Å². The van der Waals surface area contributed by atoms with Crippen molar-refractivity contribution in [3.05, 3.63) is 81.9 Å². The van der Waals surface area contributed by atoms with Gasteiger partial charge >= 0.3 is 0 Å². The van der Waals surface area contributed by atoms with E-state index in [2.05, 4.69) is 26.5 Å². The summed E-state index contributed by atoms with van der Waals surface area (Å²) < 4.78 is 0. The average molecular weight is 499 g/mol. The molecule has 1 aromatic carbocycles. The molecule has 1 unspecified atom stereocenters. The molecule has 0 saturated heterocycles. The van der Waals surface area contributed by atoms with E-state index in [-0.39, 0.29) is 17.4 Å². The number of aliphatic hydroxyl groups excluding tert-OH is 1. The van der Waals surface area contributed by atoms with Crippen molar-refractivity contribution in [3.8, 4) is 0 Å². The third-order valence-corrected chi connectivity index (χ3v) is 5.85. The minimum absolute atomic E-state index is 0.0261. The molecule has 0 spiro atoms. The fourth-order valence-electron chi connectivity index (χ4n) is 3.75. The molecular weight excluding hydrogens is 464 g/mol. The van der Waals surface area contributed by atoms with Crippen molar-refractivity contribution in [2.45, 2.75) is 59.4 Å². The van der Waals surface area contributed by atoms with Gasteiger partial charge in [0.25, 0.3) is 0 Å². The van der Waals surface area contributed by atoms with Gasteiger partial charge in [-0.15, -0.1) is 0 Å². The van der Waals surface area contributed by atoms with Crippen LogP contribution >= 0.6 is 11.6 Å². The minimum atomic E-state index is -1.19. The first-order valence-electron chi connectivity index (χ1n) is 11.6. The van der Waals surface area contributed by atoms with Crippen molar-refractivity contribution in [3.63, 3.8) is 0 Å². The normalized spacial score (nSPS) is 21.0. The first kappa shape index (κ1) is 26.4. The molecule has 7 N–H and O–H groups in total. The fraction of sp³-hybridized carbons (Fsp3) is 0.385. The Labute approximate surface area is 212 Å². The lowest BCUT2D eigenvalue weighted by Gasteiger charge is -2.28. The summed E-state index contributed by atoms with van der Waals surface area (Å²) in [6.07, 6.45) is 9.18. The molecule has 1 aliphatic carbocycles. The van der Waals surface area contributed by atoms with Crippen LogP contribution in [0, 0.1) is 5.41 Å². The summed E-state index contributed by atoms with van der Waals surface area (Å²) in [6, 6.07) is 5.17. The largest absolute Gasteiger partial charge is 0.404 e. The van der Waals surface area contributed by atoms with Crippen LogP contribution in [-0.2, 0) is 11.3 Å². The molecule has 0 saturated carbocycles. The van der Waals surface area contributed by atoms with Crippen LogP contribution in [0.4, 0.5) is 0 Å². The number of carbonyl (C=O) groups is 1. The van der Waals surface area contributed by atoms with Gasteiger partial charge in [-0.1, -0.05) is 44.5 Å². The summed E-state index contributed by atoms with van der Waals surface area (Å²) in [4.78, 5) is 16.7. The molecule has 1 amide bonds. The summed E-state index contributed by atoms with van der Waals surface area (Å²) in [5, 5.41) is 17.6. The molecule has 188 valence electrons. The van der Waals surface area contributed by atoms with Crippen LogP contribution in [0.3, 0.4) is 0 Å². The Morgan fingerprint density at radius 3 is 2.77 bits per heavy atom. The SMILES string of the molecule is CC1=CC=C(NC2CC=CC(=N[C@@H](O)c3cc(CNC(=O)CC(C)(C)C)ccc3Cl)C2=CN)NN1. The van der Waals surface area contributed by atoms with E-state index >= 15 is 0 Å². The minimum Gasteiger partial charge on any atom is -0.404 e. The number of hydrogen-bond acceptors (Lipinski definition) is 7. The summed E-state index contributed by atoms with van der Waals surface area (Å²) >= 11 is 6.38. The number of hydrazine groups is 1. The monoisotopic (exact) mass is 498 g/mol. The number of rotatable bonds is 7. The first-order chi connectivity index (χ1) is 16.6. The molecule has 1 aromatic rings. The number of nitrogens with zero attached hydrogens (tertiary/aromatic N) is 1. The van der Waals surface area contributed by atoms with Gasteiger partial charge in [-0.3, -0.25) is 10.2 Å². The van der Waals surface area contributed by atoms with Crippen LogP contribution in [0.2, 0.25) is 5.02 Å². The molecule has 1 heterocycles. The van der Waals surface area contributed by atoms with Crippen molar-refractivity contribution in [1.82, 2.24) is 21.5 Å². The Kier molecular flexibility index (Phi) is 8.64. The maximum absolute atomic E-state index is 12.2. The van der Waals surface area contributed by atoms with Crippen molar-refractivity contribution in [2.75, 3.05) is 0 Å². The molecule has 3 rings (SSSR count). The Bertz CT molecular complexity index is 1100. The Balaban J connectivity index is 1.74. The van der Waals surface area contributed by atoms with Gasteiger partial charge in [-0.05, 0) is 54.7 Å². The lowest BCUT2D eigenvalue weighted by Crippen LogP contribution is -2.44. The number of halogens is 1. The van der Waals surface area contributed by atoms with E-state index in [4.69, 9.17) is 17.3 Å². The predicted octanol–water partition coefficient (Wildman–Crippen LogP) is 3.44. The molecule has 0 bridgehead atoms. The van der Waals surface area contributed by atoms with E-state index in [0.29, 0.717) is 35.7 Å². The maximum Gasteiger partial charge on any atom is 0.220 e. The summed E-state index contributed by atoms with van der Waals surface area (Å²) in [5.41, 5.74) is 15.6. The van der Waals surface area contributed by atoms with E-state index in [1.165, 1.54) is 6.20 Å². The second-order valence-electron chi connectivity index (χ2n) is 9.90. The number of nitrogens with one attached hydrogen (secondary N) is 4. The van der Waals surface area contributed by atoms with Crippen molar-refractivity contribution in [1.29, 1.82) is 0 Å². The number of amides is 1. The number of nitrogens with two attached hydrogens (primary N) is 1. The Hall–Kier alpha value is -3.23. The topological polar surface area (TPSA) is 124 Å². The van der Waals surface area contributed by atoms with E-state index < -0.39 is 6.23 Å². The predicted molar refractivity (Wildman–Crippen MR) is 141 cm³/mol. The lowest BCUT2D eigenvalue weighted by atomic mass is 9.92. The van der Waals surface area contributed by atoms with E-state index in [1.807, 2.05) is 58.1 Å². The van der Waals surface area contributed by atoms with Crippen LogP contribution in [0.1, 0.15) is 57.9 Å². The second-order valence-corrected chi connectivity index (χ2v) is 10.3. The van der Waals surface area contributed by atoms with Gasteiger partial charge in [0.15, 0.2) is 6.23 Å². The molecule has 9 heteroatoms. The standard InChI is InChI=1S/C26H35ClN6O2/c1-16-8-11-23(33-32-16)30-21-6-5-7-22(19(21)14-28)31-25(35)18-12-17(9-10-20(18)27)15-29-24(34)13-26(2,3)4/h5,7-12,14,21,25,30,32-33,35H,6,13,15,28H2,1-4H3,(H,29,34)/t21?,25-/m0/s1. The molecule has 2 atom stereocenters. The summed E-state index contributed by atoms with van der Waals surface area (Å²) in [6.45, 7) is 8.35. The van der Waals surface area contributed by atoms with Crippen LogP contribution in [0.5, 0.6) is 0 Å². The molecular formula is C26H35ClN6O2. The van der Waals surface area contributed by atoms with Crippen molar-refractivity contribution >= 4 is 23.2 Å². The zero-order valence-electron chi connectivity index (χ0n) is 20.7. The molecule has 0 aromatic heterocycles.